The summed E-state index contributed by atoms with van der Waals surface area (Å²) in [6.45, 7) is 6.87. The van der Waals surface area contributed by atoms with Crippen LogP contribution in [0.15, 0.2) is 24.3 Å². The largest absolute Gasteiger partial charge is 0.444 e. The highest BCUT2D eigenvalue weighted by Gasteiger charge is 2.46. The minimum absolute atomic E-state index is 0.0750. The molecule has 10 nitrogen and oxygen atoms in total. The number of likely N-dealkylation sites (N-methyl/N-ethyl adjacent to an activating group) is 1. The number of aryl methyl sites for hydroxylation is 1. The monoisotopic (exact) mass is 570 g/mol. The van der Waals surface area contributed by atoms with Gasteiger partial charge in [-0.25, -0.2) is 4.79 Å². The Balaban J connectivity index is 1.49. The van der Waals surface area contributed by atoms with Gasteiger partial charge in [0.1, 0.15) is 23.7 Å². The number of hydrogen-bond donors (Lipinski definition) is 2. The Hall–Kier alpha value is -3.14. The number of nitrogens with one attached hydrogen (secondary N) is 2. The molecule has 10 heteroatoms. The summed E-state index contributed by atoms with van der Waals surface area (Å²) in [4.78, 5) is 56.5. The van der Waals surface area contributed by atoms with Gasteiger partial charge in [-0.2, -0.15) is 0 Å². The van der Waals surface area contributed by atoms with Crippen LogP contribution in [0, 0.1) is 0 Å². The molecule has 2 N–H and O–H groups in total. The second-order valence-electron chi connectivity index (χ2n) is 12.6. The molecular weight excluding hydrogens is 524 g/mol. The van der Waals surface area contributed by atoms with E-state index in [1.165, 1.54) is 17.5 Å². The Labute approximate surface area is 243 Å². The summed E-state index contributed by atoms with van der Waals surface area (Å²) < 4.78 is 11.1. The quantitative estimate of drug-likeness (QED) is 0.541. The molecular formula is C31H46N4O6. The molecule has 0 saturated carbocycles. The van der Waals surface area contributed by atoms with Gasteiger partial charge in [0, 0.05) is 26.6 Å². The van der Waals surface area contributed by atoms with E-state index in [2.05, 4.69) is 22.8 Å². The van der Waals surface area contributed by atoms with E-state index in [0.717, 1.165) is 44.1 Å². The number of nitrogens with zero attached hydrogens (tertiary/aromatic N) is 2. The van der Waals surface area contributed by atoms with Gasteiger partial charge in [0.25, 0.3) is 0 Å². The first kappa shape index (κ1) is 30.8. The topological polar surface area (TPSA) is 117 Å². The van der Waals surface area contributed by atoms with Crippen molar-refractivity contribution < 1.29 is 28.7 Å². The lowest BCUT2D eigenvalue weighted by atomic mass is 9.87. The fourth-order valence-electron chi connectivity index (χ4n) is 6.26. The molecule has 2 saturated heterocycles. The highest BCUT2D eigenvalue weighted by molar-refractivity contribution is 5.94. The first-order valence-corrected chi connectivity index (χ1v) is 14.9. The fourth-order valence-corrected chi connectivity index (χ4v) is 6.26. The van der Waals surface area contributed by atoms with Crippen LogP contribution in [-0.4, -0.2) is 83.6 Å². The van der Waals surface area contributed by atoms with Crippen molar-refractivity contribution in [3.05, 3.63) is 35.4 Å². The van der Waals surface area contributed by atoms with Crippen molar-refractivity contribution in [2.45, 2.75) is 121 Å². The number of rotatable bonds is 6. The number of fused-ring (bicyclic) bond motifs is 2. The molecule has 1 aromatic carbocycles. The predicted octanol–water partition coefficient (Wildman–Crippen LogP) is 3.48. The van der Waals surface area contributed by atoms with E-state index < -0.39 is 35.7 Å². The van der Waals surface area contributed by atoms with Crippen molar-refractivity contribution in [3.63, 3.8) is 0 Å². The molecule has 2 aliphatic heterocycles. The lowest BCUT2D eigenvalue weighted by molar-refractivity contribution is -0.146. The Morgan fingerprint density at radius 3 is 2.44 bits per heavy atom. The van der Waals surface area contributed by atoms with Crippen molar-refractivity contribution in [1.82, 2.24) is 20.4 Å². The lowest BCUT2D eigenvalue weighted by Crippen LogP contribution is -2.59. The van der Waals surface area contributed by atoms with E-state index in [0.29, 0.717) is 6.42 Å². The van der Waals surface area contributed by atoms with Crippen LogP contribution in [0.3, 0.4) is 0 Å². The maximum Gasteiger partial charge on any atom is 0.410 e. The van der Waals surface area contributed by atoms with Crippen LogP contribution in [0.1, 0.15) is 89.8 Å². The molecule has 4 rings (SSSR count). The maximum absolute atomic E-state index is 14.1. The zero-order valence-electron chi connectivity index (χ0n) is 25.3. The summed E-state index contributed by atoms with van der Waals surface area (Å²) in [6.07, 6.45) is 5.07. The van der Waals surface area contributed by atoms with Crippen LogP contribution in [0.2, 0.25) is 0 Å². The third-order valence-corrected chi connectivity index (χ3v) is 8.66. The zero-order valence-corrected chi connectivity index (χ0v) is 25.3. The Morgan fingerprint density at radius 2 is 1.73 bits per heavy atom. The van der Waals surface area contributed by atoms with Gasteiger partial charge in [0.2, 0.25) is 17.7 Å². The van der Waals surface area contributed by atoms with Crippen molar-refractivity contribution in [2.24, 2.45) is 0 Å². The summed E-state index contributed by atoms with van der Waals surface area (Å²) in [5, 5.41) is 6.12. The highest BCUT2D eigenvalue weighted by Crippen LogP contribution is 2.34. The number of methoxy groups -OCH3 is 1. The van der Waals surface area contributed by atoms with Crippen LogP contribution < -0.4 is 10.6 Å². The van der Waals surface area contributed by atoms with Crippen LogP contribution in [-0.2, 0) is 30.3 Å². The summed E-state index contributed by atoms with van der Waals surface area (Å²) in [5.74, 6) is -0.892. The normalized spacial score (nSPS) is 27.0. The minimum Gasteiger partial charge on any atom is -0.444 e. The molecule has 0 spiro atoms. The molecule has 0 radical (unpaired) electrons. The van der Waals surface area contributed by atoms with Gasteiger partial charge in [0.05, 0.1) is 12.1 Å². The second-order valence-corrected chi connectivity index (χ2v) is 12.6. The first-order valence-electron chi connectivity index (χ1n) is 14.9. The van der Waals surface area contributed by atoms with E-state index in [9.17, 15) is 19.2 Å². The fraction of sp³-hybridized carbons (Fsp3) is 0.677. The van der Waals surface area contributed by atoms with Gasteiger partial charge in [-0.3, -0.25) is 19.3 Å². The molecule has 1 unspecified atom stereocenters. The summed E-state index contributed by atoms with van der Waals surface area (Å²) in [5.41, 5.74) is 1.70. The third kappa shape index (κ3) is 7.20. The molecule has 41 heavy (non-hydrogen) atoms. The summed E-state index contributed by atoms with van der Waals surface area (Å²) in [7, 11) is 3.11. The van der Waals surface area contributed by atoms with Gasteiger partial charge < -0.3 is 25.0 Å². The highest BCUT2D eigenvalue weighted by atomic mass is 16.6. The maximum atomic E-state index is 14.1. The zero-order chi connectivity index (χ0) is 29.9. The summed E-state index contributed by atoms with van der Waals surface area (Å²) in [6, 6.07) is 5.69. The Morgan fingerprint density at radius 1 is 1.02 bits per heavy atom. The molecule has 2 fully saturated rings. The van der Waals surface area contributed by atoms with Crippen molar-refractivity contribution >= 4 is 23.8 Å². The van der Waals surface area contributed by atoms with Gasteiger partial charge in [-0.05, 0) is 83.8 Å². The van der Waals surface area contributed by atoms with E-state index in [4.69, 9.17) is 9.47 Å². The number of hydrogen-bond acceptors (Lipinski definition) is 6. The van der Waals surface area contributed by atoms with Crippen LogP contribution in [0.4, 0.5) is 4.79 Å². The van der Waals surface area contributed by atoms with E-state index in [1.807, 2.05) is 12.1 Å². The molecule has 6 atom stereocenters. The average molecular weight is 571 g/mol. The smallest absolute Gasteiger partial charge is 0.410 e. The number of carbonyl (C=O) groups excluding carboxylic acids is 4. The van der Waals surface area contributed by atoms with E-state index >= 15 is 0 Å². The summed E-state index contributed by atoms with van der Waals surface area (Å²) >= 11 is 0. The van der Waals surface area contributed by atoms with Gasteiger partial charge >= 0.3 is 6.09 Å². The lowest BCUT2D eigenvalue weighted by Gasteiger charge is -2.38. The number of benzene rings is 1. The molecule has 3 aliphatic rings. The Kier molecular flexibility index (Phi) is 9.62. The standard InChI is InChI=1S/C31H46N4O6/c1-19(34(5)30(39)41-31(2,3)4)27(36)33-25-18-22(40-6)16-14-21-15-17-26(35(21)29(25)38)28(37)32-24-13-9-11-20-10-7-8-12-23(20)24/h7-8,10,12,19,21-22,24-26H,9,11,13-18H2,1-6H3,(H,32,37)(H,33,36)/t19-,21-,22?,24+,25-,26-/m0/s1. The third-order valence-electron chi connectivity index (χ3n) is 8.66. The molecule has 4 amide bonds. The number of amides is 4. The predicted molar refractivity (Wildman–Crippen MR) is 154 cm³/mol. The first-order chi connectivity index (χ1) is 19.4. The van der Waals surface area contributed by atoms with Crippen molar-refractivity contribution in [2.75, 3.05) is 14.2 Å². The minimum atomic E-state index is -0.881. The van der Waals surface area contributed by atoms with Crippen LogP contribution >= 0.6 is 0 Å². The van der Waals surface area contributed by atoms with Gasteiger partial charge in [0.15, 0.2) is 0 Å². The molecule has 0 bridgehead atoms. The van der Waals surface area contributed by atoms with E-state index in [1.54, 1.807) is 39.7 Å². The molecule has 1 aliphatic carbocycles. The van der Waals surface area contributed by atoms with Gasteiger partial charge in [-0.15, -0.1) is 0 Å². The second kappa shape index (κ2) is 12.8. The number of ether oxygens (including phenoxy) is 2. The van der Waals surface area contributed by atoms with Crippen LogP contribution in [0.5, 0.6) is 0 Å². The molecule has 2 heterocycles. The molecule has 226 valence electrons. The van der Waals surface area contributed by atoms with Gasteiger partial charge in [-0.1, -0.05) is 24.3 Å². The SMILES string of the molecule is COC1CC[C@H]2CC[C@@H](C(=O)N[C@@H]3CCCc4ccccc43)N2C(=O)[C@@H](NC(=O)[C@H](C)N(C)C(=O)OC(C)(C)C)C1. The average Bonchev–Trinajstić information content (AvgIpc) is 3.35. The van der Waals surface area contributed by atoms with Crippen molar-refractivity contribution in [3.8, 4) is 0 Å². The number of carbonyl (C=O) groups is 4. The molecule has 0 aromatic heterocycles. The van der Waals surface area contributed by atoms with Crippen molar-refractivity contribution in [1.29, 1.82) is 0 Å². The van der Waals surface area contributed by atoms with E-state index in [-0.39, 0.29) is 36.4 Å². The molecule has 1 aromatic rings. The van der Waals surface area contributed by atoms with Crippen LogP contribution in [0.25, 0.3) is 0 Å². The Bertz CT molecular complexity index is 1130.